The molecule has 0 aromatic heterocycles. The van der Waals surface area contributed by atoms with Crippen molar-refractivity contribution >= 4 is 17.8 Å². The van der Waals surface area contributed by atoms with Crippen molar-refractivity contribution in [1.82, 2.24) is 15.5 Å². The Balaban J connectivity index is 1.96. The number of rotatable bonds is 7. The van der Waals surface area contributed by atoms with E-state index in [1.165, 1.54) is 0 Å². The Morgan fingerprint density at radius 3 is 2.48 bits per heavy atom. The van der Waals surface area contributed by atoms with Crippen molar-refractivity contribution in [3.05, 3.63) is 0 Å². The largest absolute Gasteiger partial charge is 0.355 e. The van der Waals surface area contributed by atoms with Crippen molar-refractivity contribution < 1.29 is 14.4 Å². The number of amides is 4. The predicted octanol–water partition coefficient (Wildman–Crippen LogP) is 2.82. The summed E-state index contributed by atoms with van der Waals surface area (Å²) in [5, 5.41) is 5.65. The van der Waals surface area contributed by atoms with Gasteiger partial charge in [0, 0.05) is 6.54 Å². The highest BCUT2D eigenvalue weighted by Gasteiger charge is 2.53. The standard InChI is InChI=1S/C19H33N3O3/c1-5-7-12-20-15(23)13-22-16(24)19(21-17(22)25)10-8-14(9-11-19)18(3,4)6-2/h14H,5-13H2,1-4H3,(H,20,23)(H,21,25). The van der Waals surface area contributed by atoms with Gasteiger partial charge in [0.25, 0.3) is 5.91 Å². The fourth-order valence-corrected chi connectivity index (χ4v) is 3.94. The Hall–Kier alpha value is -1.59. The summed E-state index contributed by atoms with van der Waals surface area (Å²) in [6.45, 7) is 9.20. The smallest absolute Gasteiger partial charge is 0.325 e. The number of unbranched alkanes of at least 4 members (excludes halogenated alkanes) is 1. The molecule has 1 saturated heterocycles. The first-order valence-corrected chi connectivity index (χ1v) is 9.66. The van der Waals surface area contributed by atoms with E-state index >= 15 is 0 Å². The van der Waals surface area contributed by atoms with E-state index in [4.69, 9.17) is 0 Å². The normalized spacial score (nSPS) is 26.9. The van der Waals surface area contributed by atoms with Crippen LogP contribution in [0.15, 0.2) is 0 Å². The van der Waals surface area contributed by atoms with Crippen molar-refractivity contribution in [2.75, 3.05) is 13.1 Å². The highest BCUT2D eigenvalue weighted by Crippen LogP contribution is 2.45. The average molecular weight is 351 g/mol. The number of urea groups is 1. The summed E-state index contributed by atoms with van der Waals surface area (Å²) in [6, 6.07) is -0.427. The first-order chi connectivity index (χ1) is 11.8. The van der Waals surface area contributed by atoms with Crippen LogP contribution in [0.25, 0.3) is 0 Å². The van der Waals surface area contributed by atoms with E-state index in [0.717, 1.165) is 37.0 Å². The van der Waals surface area contributed by atoms with Gasteiger partial charge in [-0.1, -0.05) is 40.5 Å². The van der Waals surface area contributed by atoms with E-state index in [-0.39, 0.29) is 23.8 Å². The molecule has 142 valence electrons. The number of imide groups is 1. The van der Waals surface area contributed by atoms with Crippen molar-refractivity contribution in [3.8, 4) is 0 Å². The van der Waals surface area contributed by atoms with Crippen LogP contribution in [0.1, 0.15) is 72.6 Å². The Labute approximate surface area is 151 Å². The molecule has 1 aliphatic heterocycles. The van der Waals surface area contributed by atoms with Gasteiger partial charge in [0.15, 0.2) is 0 Å². The highest BCUT2D eigenvalue weighted by atomic mass is 16.2. The number of nitrogens with zero attached hydrogens (tertiary/aromatic N) is 1. The summed E-state index contributed by atoms with van der Waals surface area (Å²) in [5.74, 6) is 0.0740. The first kappa shape index (κ1) is 19.7. The lowest BCUT2D eigenvalue weighted by Crippen LogP contribution is -2.51. The minimum Gasteiger partial charge on any atom is -0.355 e. The van der Waals surface area contributed by atoms with E-state index in [0.29, 0.717) is 25.3 Å². The number of carbonyl (C=O) groups excluding carboxylic acids is 3. The number of nitrogens with one attached hydrogen (secondary N) is 2. The fraction of sp³-hybridized carbons (Fsp3) is 0.842. The van der Waals surface area contributed by atoms with Crippen molar-refractivity contribution in [2.45, 2.75) is 78.2 Å². The molecule has 4 amide bonds. The minimum absolute atomic E-state index is 0.181. The maximum absolute atomic E-state index is 12.8. The number of hydrogen-bond donors (Lipinski definition) is 2. The van der Waals surface area contributed by atoms with Gasteiger partial charge in [0.1, 0.15) is 12.1 Å². The molecule has 2 aliphatic rings. The van der Waals surface area contributed by atoms with Gasteiger partial charge < -0.3 is 10.6 Å². The second kappa shape index (κ2) is 7.75. The second-order valence-electron chi connectivity index (χ2n) is 8.22. The molecule has 2 rings (SSSR count). The second-order valence-corrected chi connectivity index (χ2v) is 8.22. The molecule has 2 N–H and O–H groups in total. The summed E-state index contributed by atoms with van der Waals surface area (Å²) >= 11 is 0. The molecule has 0 atom stereocenters. The van der Waals surface area contributed by atoms with E-state index < -0.39 is 11.6 Å². The third-order valence-electron chi connectivity index (χ3n) is 6.26. The van der Waals surface area contributed by atoms with Gasteiger partial charge in [-0.25, -0.2) is 4.79 Å². The Morgan fingerprint density at radius 1 is 1.28 bits per heavy atom. The van der Waals surface area contributed by atoms with Crippen LogP contribution in [0.4, 0.5) is 4.79 Å². The lowest BCUT2D eigenvalue weighted by molar-refractivity contribution is -0.136. The van der Waals surface area contributed by atoms with Crippen LogP contribution in [0.3, 0.4) is 0 Å². The SMILES string of the molecule is CCCCNC(=O)CN1C(=O)NC2(CCC(C(C)(C)CC)CC2)C1=O. The zero-order valence-corrected chi connectivity index (χ0v) is 16.1. The van der Waals surface area contributed by atoms with Gasteiger partial charge >= 0.3 is 6.03 Å². The van der Waals surface area contributed by atoms with Crippen molar-refractivity contribution in [1.29, 1.82) is 0 Å². The molecule has 1 saturated carbocycles. The van der Waals surface area contributed by atoms with Crippen LogP contribution in [-0.4, -0.2) is 41.4 Å². The summed E-state index contributed by atoms with van der Waals surface area (Å²) < 4.78 is 0. The van der Waals surface area contributed by atoms with E-state index in [1.54, 1.807) is 0 Å². The minimum atomic E-state index is -0.791. The van der Waals surface area contributed by atoms with Gasteiger partial charge in [-0.15, -0.1) is 0 Å². The van der Waals surface area contributed by atoms with Crippen LogP contribution < -0.4 is 10.6 Å². The van der Waals surface area contributed by atoms with Crippen molar-refractivity contribution in [2.24, 2.45) is 11.3 Å². The molecule has 2 fully saturated rings. The lowest BCUT2D eigenvalue weighted by atomic mass is 9.65. The third-order valence-corrected chi connectivity index (χ3v) is 6.26. The fourth-order valence-electron chi connectivity index (χ4n) is 3.94. The molecular weight excluding hydrogens is 318 g/mol. The molecule has 6 heteroatoms. The Morgan fingerprint density at radius 2 is 1.92 bits per heavy atom. The van der Waals surface area contributed by atoms with Crippen molar-refractivity contribution in [3.63, 3.8) is 0 Å². The van der Waals surface area contributed by atoms with Crippen LogP contribution in [0, 0.1) is 11.3 Å². The topological polar surface area (TPSA) is 78.5 Å². The molecule has 0 bridgehead atoms. The molecule has 1 heterocycles. The zero-order valence-electron chi connectivity index (χ0n) is 16.1. The monoisotopic (exact) mass is 351 g/mol. The number of carbonyl (C=O) groups is 3. The first-order valence-electron chi connectivity index (χ1n) is 9.66. The molecule has 0 unspecified atom stereocenters. The Bertz CT molecular complexity index is 522. The van der Waals surface area contributed by atoms with Gasteiger partial charge in [-0.05, 0) is 43.4 Å². The third kappa shape index (κ3) is 4.15. The van der Waals surface area contributed by atoms with E-state index in [2.05, 4.69) is 31.4 Å². The van der Waals surface area contributed by atoms with Gasteiger partial charge in [0.2, 0.25) is 5.91 Å². The molecule has 0 aromatic carbocycles. The van der Waals surface area contributed by atoms with Gasteiger partial charge in [-0.2, -0.15) is 0 Å². The van der Waals surface area contributed by atoms with Crippen LogP contribution >= 0.6 is 0 Å². The maximum Gasteiger partial charge on any atom is 0.325 e. The number of hydrogen-bond acceptors (Lipinski definition) is 3. The van der Waals surface area contributed by atoms with E-state index in [9.17, 15) is 14.4 Å². The molecular formula is C19H33N3O3. The summed E-state index contributed by atoms with van der Waals surface area (Å²) in [6.07, 6.45) is 6.19. The molecule has 1 aliphatic carbocycles. The molecule has 25 heavy (non-hydrogen) atoms. The molecule has 1 spiro atoms. The lowest BCUT2D eigenvalue weighted by Gasteiger charge is -2.42. The predicted molar refractivity (Wildman–Crippen MR) is 96.9 cm³/mol. The summed E-state index contributed by atoms with van der Waals surface area (Å²) in [5.41, 5.74) is -0.534. The van der Waals surface area contributed by atoms with Crippen LogP contribution in [-0.2, 0) is 9.59 Å². The highest BCUT2D eigenvalue weighted by molar-refractivity contribution is 6.09. The van der Waals surface area contributed by atoms with E-state index in [1.807, 2.05) is 6.92 Å². The molecule has 6 nitrogen and oxygen atoms in total. The molecule has 0 aromatic rings. The summed E-state index contributed by atoms with van der Waals surface area (Å²) in [4.78, 5) is 38.2. The van der Waals surface area contributed by atoms with Gasteiger partial charge in [-0.3, -0.25) is 14.5 Å². The zero-order chi connectivity index (χ0) is 18.7. The average Bonchev–Trinajstić information content (AvgIpc) is 2.80. The quantitative estimate of drug-likeness (QED) is 0.547. The Kier molecular flexibility index (Phi) is 6.12. The van der Waals surface area contributed by atoms with Crippen LogP contribution in [0.2, 0.25) is 0 Å². The molecule has 0 radical (unpaired) electrons. The summed E-state index contributed by atoms with van der Waals surface area (Å²) in [7, 11) is 0. The maximum atomic E-state index is 12.8. The van der Waals surface area contributed by atoms with Crippen LogP contribution in [0.5, 0.6) is 0 Å². The van der Waals surface area contributed by atoms with Gasteiger partial charge in [0.05, 0.1) is 0 Å².